The molecule has 1 aromatic carbocycles. The number of methoxy groups -OCH3 is 1. The number of benzene rings is 1. The molecule has 0 aliphatic heterocycles. The third-order valence-electron chi connectivity index (χ3n) is 3.52. The van der Waals surface area contributed by atoms with Crippen molar-refractivity contribution in [3.8, 4) is 5.75 Å². The second-order valence-electron chi connectivity index (χ2n) is 4.58. The minimum absolute atomic E-state index is 0.226. The summed E-state index contributed by atoms with van der Waals surface area (Å²) in [5.74, 6) is 7.27. The molecule has 2 rings (SSSR count). The van der Waals surface area contributed by atoms with Crippen molar-refractivity contribution in [1.82, 2.24) is 5.43 Å². The molecule has 0 heterocycles. The zero-order valence-electron chi connectivity index (χ0n) is 9.99. The molecule has 1 aliphatic rings. The first-order valence-corrected chi connectivity index (χ1v) is 5.87. The van der Waals surface area contributed by atoms with Crippen molar-refractivity contribution in [3.05, 3.63) is 29.3 Å². The minimum atomic E-state index is 0.226. The summed E-state index contributed by atoms with van der Waals surface area (Å²) in [5, 5.41) is 0. The lowest BCUT2D eigenvalue weighted by Crippen LogP contribution is -2.36. The summed E-state index contributed by atoms with van der Waals surface area (Å²) in [6.45, 7) is 2.07. The maximum absolute atomic E-state index is 5.67. The number of hydrazine groups is 1. The van der Waals surface area contributed by atoms with E-state index in [4.69, 9.17) is 10.6 Å². The van der Waals surface area contributed by atoms with Crippen LogP contribution in [-0.2, 0) is 0 Å². The molecule has 1 unspecified atom stereocenters. The van der Waals surface area contributed by atoms with Crippen molar-refractivity contribution in [2.45, 2.75) is 32.2 Å². The second-order valence-corrected chi connectivity index (χ2v) is 4.58. The van der Waals surface area contributed by atoms with Crippen molar-refractivity contribution in [2.24, 2.45) is 11.8 Å². The lowest BCUT2D eigenvalue weighted by Gasteiger charge is -2.34. The largest absolute Gasteiger partial charge is 0.496 e. The van der Waals surface area contributed by atoms with Crippen LogP contribution in [-0.4, -0.2) is 7.11 Å². The van der Waals surface area contributed by atoms with Gasteiger partial charge in [0, 0.05) is 5.56 Å². The average molecular weight is 220 g/mol. The Hall–Kier alpha value is -1.06. The Balaban J connectivity index is 2.28. The molecule has 1 aliphatic carbocycles. The molecule has 0 radical (unpaired) electrons. The van der Waals surface area contributed by atoms with Gasteiger partial charge in [0.25, 0.3) is 0 Å². The molecule has 3 heteroatoms. The third-order valence-corrected chi connectivity index (χ3v) is 3.52. The summed E-state index contributed by atoms with van der Waals surface area (Å²) in [7, 11) is 1.71. The van der Waals surface area contributed by atoms with Crippen LogP contribution in [0.2, 0.25) is 0 Å². The molecular formula is C13H20N2O. The number of hydrogen-bond acceptors (Lipinski definition) is 3. The van der Waals surface area contributed by atoms with Crippen LogP contribution in [0.4, 0.5) is 0 Å². The van der Waals surface area contributed by atoms with Crippen LogP contribution >= 0.6 is 0 Å². The van der Waals surface area contributed by atoms with Crippen molar-refractivity contribution >= 4 is 0 Å². The van der Waals surface area contributed by atoms with Crippen LogP contribution < -0.4 is 16.0 Å². The molecule has 0 spiro atoms. The number of ether oxygens (including phenoxy) is 1. The Morgan fingerprint density at radius 1 is 1.44 bits per heavy atom. The van der Waals surface area contributed by atoms with Crippen LogP contribution in [0.3, 0.4) is 0 Å². The molecule has 0 amide bonds. The van der Waals surface area contributed by atoms with Crippen LogP contribution in [0.1, 0.15) is 36.4 Å². The maximum Gasteiger partial charge on any atom is 0.123 e. The van der Waals surface area contributed by atoms with E-state index in [1.165, 1.54) is 30.4 Å². The van der Waals surface area contributed by atoms with Crippen LogP contribution in [0.25, 0.3) is 0 Å². The number of aryl methyl sites for hydroxylation is 1. The summed E-state index contributed by atoms with van der Waals surface area (Å²) in [6, 6.07) is 6.53. The molecule has 3 N–H and O–H groups in total. The van der Waals surface area contributed by atoms with E-state index >= 15 is 0 Å². The molecule has 16 heavy (non-hydrogen) atoms. The predicted octanol–water partition coefficient (Wildman–Crippen LogP) is 2.31. The van der Waals surface area contributed by atoms with Crippen molar-refractivity contribution in [3.63, 3.8) is 0 Å². The molecule has 1 aromatic rings. The second kappa shape index (κ2) is 4.85. The van der Waals surface area contributed by atoms with Crippen molar-refractivity contribution < 1.29 is 4.74 Å². The van der Waals surface area contributed by atoms with Gasteiger partial charge in [-0.05, 0) is 37.3 Å². The number of nitrogens with two attached hydrogens (primary N) is 1. The fourth-order valence-electron chi connectivity index (χ4n) is 2.33. The van der Waals surface area contributed by atoms with Gasteiger partial charge in [-0.15, -0.1) is 0 Å². The van der Waals surface area contributed by atoms with E-state index in [9.17, 15) is 0 Å². The van der Waals surface area contributed by atoms with Crippen molar-refractivity contribution in [1.29, 1.82) is 0 Å². The first-order chi connectivity index (χ1) is 7.76. The SMILES string of the molecule is COc1cc(C)ccc1C(NN)C1CCC1. The van der Waals surface area contributed by atoms with Gasteiger partial charge < -0.3 is 4.74 Å². The molecule has 1 atom stereocenters. The van der Waals surface area contributed by atoms with E-state index in [1.54, 1.807) is 7.11 Å². The molecule has 1 fully saturated rings. The monoisotopic (exact) mass is 220 g/mol. The topological polar surface area (TPSA) is 47.3 Å². The highest BCUT2D eigenvalue weighted by Gasteiger charge is 2.29. The van der Waals surface area contributed by atoms with Gasteiger partial charge in [-0.1, -0.05) is 18.6 Å². The maximum atomic E-state index is 5.67. The van der Waals surface area contributed by atoms with Crippen LogP contribution in [0.5, 0.6) is 5.75 Å². The summed E-state index contributed by atoms with van der Waals surface area (Å²) < 4.78 is 5.43. The van der Waals surface area contributed by atoms with E-state index in [1.807, 2.05) is 0 Å². The Kier molecular flexibility index (Phi) is 3.46. The average Bonchev–Trinajstić information content (AvgIpc) is 2.23. The number of nitrogens with one attached hydrogen (secondary N) is 1. The zero-order valence-corrected chi connectivity index (χ0v) is 9.99. The third kappa shape index (κ3) is 2.06. The van der Waals surface area contributed by atoms with Crippen LogP contribution in [0.15, 0.2) is 18.2 Å². The fourth-order valence-corrected chi connectivity index (χ4v) is 2.33. The van der Waals surface area contributed by atoms with Gasteiger partial charge in [-0.2, -0.15) is 0 Å². The normalized spacial score (nSPS) is 17.9. The quantitative estimate of drug-likeness (QED) is 0.604. The summed E-state index contributed by atoms with van der Waals surface area (Å²) >= 11 is 0. The molecule has 0 saturated heterocycles. The van der Waals surface area contributed by atoms with Gasteiger partial charge >= 0.3 is 0 Å². The van der Waals surface area contributed by atoms with Crippen molar-refractivity contribution in [2.75, 3.05) is 7.11 Å². The fraction of sp³-hybridized carbons (Fsp3) is 0.538. The molecule has 1 saturated carbocycles. The lowest BCUT2D eigenvalue weighted by atomic mass is 9.77. The van der Waals surface area contributed by atoms with E-state index in [0.717, 1.165) is 5.75 Å². The van der Waals surface area contributed by atoms with Gasteiger partial charge in [-0.25, -0.2) is 0 Å². The Bertz CT molecular complexity index is 361. The highest BCUT2D eigenvalue weighted by atomic mass is 16.5. The van der Waals surface area contributed by atoms with E-state index in [2.05, 4.69) is 30.5 Å². The van der Waals surface area contributed by atoms with Gasteiger partial charge in [0.15, 0.2) is 0 Å². The smallest absolute Gasteiger partial charge is 0.123 e. The van der Waals surface area contributed by atoms with E-state index in [0.29, 0.717) is 5.92 Å². The summed E-state index contributed by atoms with van der Waals surface area (Å²) in [6.07, 6.45) is 3.83. The molecule has 88 valence electrons. The Labute approximate surface area is 97.0 Å². The summed E-state index contributed by atoms with van der Waals surface area (Å²) in [4.78, 5) is 0. The Morgan fingerprint density at radius 2 is 2.19 bits per heavy atom. The first-order valence-electron chi connectivity index (χ1n) is 5.87. The molecule has 3 nitrogen and oxygen atoms in total. The van der Waals surface area contributed by atoms with E-state index in [-0.39, 0.29) is 6.04 Å². The predicted molar refractivity (Wildman–Crippen MR) is 65.1 cm³/mol. The Morgan fingerprint density at radius 3 is 2.69 bits per heavy atom. The van der Waals surface area contributed by atoms with E-state index < -0.39 is 0 Å². The highest BCUT2D eigenvalue weighted by molar-refractivity contribution is 5.39. The first kappa shape index (κ1) is 11.4. The lowest BCUT2D eigenvalue weighted by molar-refractivity contribution is 0.228. The molecular weight excluding hydrogens is 200 g/mol. The number of rotatable bonds is 4. The van der Waals surface area contributed by atoms with Gasteiger partial charge in [-0.3, -0.25) is 11.3 Å². The standard InChI is InChI=1S/C13H20N2O/c1-9-6-7-11(12(8-9)16-2)13(15-14)10-4-3-5-10/h6-8,10,13,15H,3-5,14H2,1-2H3. The number of hydrogen-bond donors (Lipinski definition) is 2. The summed E-state index contributed by atoms with van der Waals surface area (Å²) in [5.41, 5.74) is 5.33. The highest BCUT2D eigenvalue weighted by Crippen LogP contribution is 2.40. The zero-order chi connectivity index (χ0) is 11.5. The minimum Gasteiger partial charge on any atom is -0.496 e. The molecule has 0 bridgehead atoms. The van der Waals surface area contributed by atoms with Gasteiger partial charge in [0.2, 0.25) is 0 Å². The molecule has 0 aromatic heterocycles. The van der Waals surface area contributed by atoms with Gasteiger partial charge in [0.1, 0.15) is 5.75 Å². The van der Waals surface area contributed by atoms with Gasteiger partial charge in [0.05, 0.1) is 13.2 Å². The van der Waals surface area contributed by atoms with Crippen LogP contribution in [0, 0.1) is 12.8 Å².